The van der Waals surface area contributed by atoms with Gasteiger partial charge in [-0.25, -0.2) is 0 Å². The molecule has 0 spiro atoms. The molecule has 0 saturated carbocycles. The van der Waals surface area contributed by atoms with Gasteiger partial charge in [-0.3, -0.25) is 9.59 Å². The summed E-state index contributed by atoms with van der Waals surface area (Å²) in [5.74, 6) is 0.906. The molecule has 2 heterocycles. The minimum atomic E-state index is -0.118. The number of benzene rings is 1. The molecule has 136 valence electrons. The Morgan fingerprint density at radius 2 is 2.04 bits per heavy atom. The van der Waals surface area contributed by atoms with Gasteiger partial charge in [-0.15, -0.1) is 0 Å². The van der Waals surface area contributed by atoms with E-state index in [-0.39, 0.29) is 11.8 Å². The lowest BCUT2D eigenvalue weighted by Crippen LogP contribution is -2.40. The fourth-order valence-corrected chi connectivity index (χ4v) is 3.16. The maximum absolute atomic E-state index is 12.2. The van der Waals surface area contributed by atoms with Crippen molar-refractivity contribution in [3.8, 4) is 0 Å². The third-order valence-electron chi connectivity index (χ3n) is 4.50. The molecule has 5 nitrogen and oxygen atoms in total. The van der Waals surface area contributed by atoms with Gasteiger partial charge in [-0.05, 0) is 55.2 Å². The summed E-state index contributed by atoms with van der Waals surface area (Å²) in [5.41, 5.74) is 0.563. The number of carbonyl (C=O) groups excluding carboxylic acids is 2. The highest BCUT2D eigenvalue weighted by atomic mass is 35.5. The van der Waals surface area contributed by atoms with E-state index in [1.54, 1.807) is 54.8 Å². The van der Waals surface area contributed by atoms with Crippen molar-refractivity contribution in [1.29, 1.82) is 0 Å². The molecule has 1 saturated heterocycles. The van der Waals surface area contributed by atoms with Crippen molar-refractivity contribution >= 4 is 29.5 Å². The first kappa shape index (κ1) is 18.3. The van der Waals surface area contributed by atoms with Gasteiger partial charge in [-0.1, -0.05) is 17.7 Å². The lowest BCUT2D eigenvalue weighted by molar-refractivity contribution is -0.127. The van der Waals surface area contributed by atoms with Crippen LogP contribution in [0, 0.1) is 5.92 Å². The molecule has 26 heavy (non-hydrogen) atoms. The zero-order valence-corrected chi connectivity index (χ0v) is 15.1. The highest BCUT2D eigenvalue weighted by Crippen LogP contribution is 2.17. The van der Waals surface area contributed by atoms with Crippen LogP contribution in [-0.4, -0.2) is 36.3 Å². The van der Waals surface area contributed by atoms with E-state index in [2.05, 4.69) is 5.32 Å². The lowest BCUT2D eigenvalue weighted by Gasteiger charge is -2.31. The summed E-state index contributed by atoms with van der Waals surface area (Å²) >= 11 is 5.91. The quantitative estimate of drug-likeness (QED) is 0.815. The van der Waals surface area contributed by atoms with Gasteiger partial charge < -0.3 is 14.6 Å². The van der Waals surface area contributed by atoms with Crippen LogP contribution in [0.5, 0.6) is 0 Å². The van der Waals surface area contributed by atoms with E-state index in [1.807, 2.05) is 4.90 Å². The van der Waals surface area contributed by atoms with Crippen LogP contribution in [0.25, 0.3) is 6.08 Å². The number of hydrogen-bond acceptors (Lipinski definition) is 3. The van der Waals surface area contributed by atoms with Gasteiger partial charge >= 0.3 is 0 Å². The molecule has 0 atom stereocenters. The van der Waals surface area contributed by atoms with Crippen LogP contribution in [0.4, 0.5) is 0 Å². The number of hydrogen-bond donors (Lipinski definition) is 1. The van der Waals surface area contributed by atoms with E-state index in [0.29, 0.717) is 41.9 Å². The van der Waals surface area contributed by atoms with Crippen LogP contribution in [-0.2, 0) is 4.79 Å². The Morgan fingerprint density at radius 3 is 2.73 bits per heavy atom. The molecule has 2 amide bonds. The van der Waals surface area contributed by atoms with Crippen molar-refractivity contribution in [3.05, 3.63) is 65.1 Å². The minimum absolute atomic E-state index is 0.0113. The Bertz CT molecular complexity index is 778. The van der Waals surface area contributed by atoms with E-state index < -0.39 is 0 Å². The second-order valence-electron chi connectivity index (χ2n) is 6.34. The number of carbonyl (C=O) groups is 2. The SMILES string of the molecule is O=C(NCC1CCN(C(=O)/C=C/c2ccco2)CC1)c1cccc(Cl)c1. The largest absolute Gasteiger partial charge is 0.465 e. The van der Waals surface area contributed by atoms with E-state index in [0.717, 1.165) is 12.8 Å². The van der Waals surface area contributed by atoms with Gasteiger partial charge in [0, 0.05) is 36.3 Å². The third-order valence-corrected chi connectivity index (χ3v) is 4.73. The van der Waals surface area contributed by atoms with Crippen LogP contribution < -0.4 is 5.32 Å². The van der Waals surface area contributed by atoms with Gasteiger partial charge in [-0.2, -0.15) is 0 Å². The first-order chi connectivity index (χ1) is 12.6. The number of likely N-dealkylation sites (tertiary alicyclic amines) is 1. The second kappa shape index (κ2) is 8.72. The number of nitrogens with zero attached hydrogens (tertiary/aromatic N) is 1. The molecular weight excluding hydrogens is 352 g/mol. The van der Waals surface area contributed by atoms with Crippen molar-refractivity contribution in [3.63, 3.8) is 0 Å². The molecule has 2 aromatic rings. The normalized spacial score (nSPS) is 15.3. The highest BCUT2D eigenvalue weighted by molar-refractivity contribution is 6.30. The smallest absolute Gasteiger partial charge is 0.251 e. The van der Waals surface area contributed by atoms with Crippen molar-refractivity contribution < 1.29 is 14.0 Å². The van der Waals surface area contributed by atoms with Crippen LogP contribution >= 0.6 is 11.6 Å². The first-order valence-electron chi connectivity index (χ1n) is 8.66. The molecule has 1 aliphatic heterocycles. The third kappa shape index (κ3) is 4.99. The summed E-state index contributed by atoms with van der Waals surface area (Å²) in [5, 5.41) is 3.50. The number of halogens is 1. The topological polar surface area (TPSA) is 62.6 Å². The van der Waals surface area contributed by atoms with Crippen LogP contribution in [0.3, 0.4) is 0 Å². The van der Waals surface area contributed by atoms with E-state index in [4.69, 9.17) is 16.0 Å². The zero-order chi connectivity index (χ0) is 18.4. The molecule has 0 aliphatic carbocycles. The number of piperidine rings is 1. The average Bonchev–Trinajstić information content (AvgIpc) is 3.18. The standard InChI is InChI=1S/C20H21ClN2O3/c21-17-4-1-3-16(13-17)20(25)22-14-15-8-10-23(11-9-15)19(24)7-6-18-5-2-12-26-18/h1-7,12-13,15H,8-11,14H2,(H,22,25)/b7-6+. The number of amides is 2. The van der Waals surface area contributed by atoms with Crippen molar-refractivity contribution in [2.24, 2.45) is 5.92 Å². The first-order valence-corrected chi connectivity index (χ1v) is 9.04. The summed E-state index contributed by atoms with van der Waals surface area (Å²) in [6, 6.07) is 10.5. The highest BCUT2D eigenvalue weighted by Gasteiger charge is 2.22. The fraction of sp³-hybridized carbons (Fsp3) is 0.300. The summed E-state index contributed by atoms with van der Waals surface area (Å²) in [7, 11) is 0. The Morgan fingerprint density at radius 1 is 1.23 bits per heavy atom. The van der Waals surface area contributed by atoms with Crippen LogP contribution in [0.2, 0.25) is 5.02 Å². The van der Waals surface area contributed by atoms with Gasteiger partial charge in [0.1, 0.15) is 5.76 Å². The molecule has 1 aromatic heterocycles. The number of furan rings is 1. The van der Waals surface area contributed by atoms with E-state index >= 15 is 0 Å². The summed E-state index contributed by atoms with van der Waals surface area (Å²) in [6.07, 6.45) is 6.54. The van der Waals surface area contributed by atoms with E-state index in [9.17, 15) is 9.59 Å². The minimum Gasteiger partial charge on any atom is -0.465 e. The lowest BCUT2D eigenvalue weighted by atomic mass is 9.96. The molecule has 0 radical (unpaired) electrons. The maximum Gasteiger partial charge on any atom is 0.251 e. The summed E-state index contributed by atoms with van der Waals surface area (Å²) < 4.78 is 5.18. The Balaban J connectivity index is 1.42. The second-order valence-corrected chi connectivity index (χ2v) is 6.77. The molecule has 1 fully saturated rings. The molecule has 0 bridgehead atoms. The van der Waals surface area contributed by atoms with Crippen LogP contribution in [0.1, 0.15) is 29.0 Å². The van der Waals surface area contributed by atoms with Gasteiger partial charge in [0.15, 0.2) is 0 Å². The summed E-state index contributed by atoms with van der Waals surface area (Å²) in [6.45, 7) is 1.99. The van der Waals surface area contributed by atoms with Crippen molar-refractivity contribution in [1.82, 2.24) is 10.2 Å². The van der Waals surface area contributed by atoms with Gasteiger partial charge in [0.25, 0.3) is 5.91 Å². The average molecular weight is 373 g/mol. The molecule has 1 aromatic carbocycles. The Labute approximate surface area is 157 Å². The van der Waals surface area contributed by atoms with E-state index in [1.165, 1.54) is 0 Å². The number of nitrogens with one attached hydrogen (secondary N) is 1. The van der Waals surface area contributed by atoms with Crippen molar-refractivity contribution in [2.45, 2.75) is 12.8 Å². The van der Waals surface area contributed by atoms with Gasteiger partial charge in [0.2, 0.25) is 5.91 Å². The molecule has 1 aliphatic rings. The van der Waals surface area contributed by atoms with Gasteiger partial charge in [0.05, 0.1) is 6.26 Å². The molecular formula is C20H21ClN2O3. The predicted octanol–water partition coefficient (Wildman–Crippen LogP) is 3.61. The molecule has 3 rings (SSSR count). The fourth-order valence-electron chi connectivity index (χ4n) is 2.97. The van der Waals surface area contributed by atoms with Crippen molar-refractivity contribution in [2.75, 3.05) is 19.6 Å². The van der Waals surface area contributed by atoms with Crippen LogP contribution in [0.15, 0.2) is 53.2 Å². The molecule has 1 N–H and O–H groups in total. The molecule has 6 heteroatoms. The Hall–Kier alpha value is -2.53. The number of rotatable bonds is 5. The molecule has 0 unspecified atom stereocenters. The maximum atomic E-state index is 12.2. The monoisotopic (exact) mass is 372 g/mol. The Kier molecular flexibility index (Phi) is 6.12. The predicted molar refractivity (Wildman–Crippen MR) is 101 cm³/mol. The summed E-state index contributed by atoms with van der Waals surface area (Å²) in [4.78, 5) is 26.2. The zero-order valence-electron chi connectivity index (χ0n) is 14.4.